The van der Waals surface area contributed by atoms with Crippen molar-refractivity contribution < 1.29 is 9.53 Å². The Hall–Kier alpha value is -3.52. The van der Waals surface area contributed by atoms with Crippen LogP contribution in [0.25, 0.3) is 21.6 Å². The third kappa shape index (κ3) is 4.34. The summed E-state index contributed by atoms with van der Waals surface area (Å²) >= 11 is 1.38. The van der Waals surface area contributed by atoms with E-state index in [0.717, 1.165) is 17.0 Å². The lowest BCUT2D eigenvalue weighted by Crippen LogP contribution is -2.29. The number of methoxy groups -OCH3 is 1. The Morgan fingerprint density at radius 1 is 1.10 bits per heavy atom. The third-order valence-corrected chi connectivity index (χ3v) is 5.93. The molecule has 0 unspecified atom stereocenters. The smallest absolute Gasteiger partial charge is 0.349 e. The van der Waals surface area contributed by atoms with E-state index in [1.165, 1.54) is 21.5 Å². The van der Waals surface area contributed by atoms with Crippen LogP contribution in [0.5, 0.6) is 5.75 Å². The molecule has 0 atom stereocenters. The number of anilines is 1. The fraction of sp³-hybridized carbons (Fsp3) is 0.217. The van der Waals surface area contributed by atoms with E-state index >= 15 is 0 Å². The van der Waals surface area contributed by atoms with Gasteiger partial charge in [-0.15, -0.1) is 11.3 Å². The summed E-state index contributed by atoms with van der Waals surface area (Å²) in [5.41, 5.74) is 3.35. The summed E-state index contributed by atoms with van der Waals surface area (Å²) in [7, 11) is 1.58. The molecule has 31 heavy (non-hydrogen) atoms. The number of aryl methyl sites for hydroxylation is 2. The van der Waals surface area contributed by atoms with Crippen LogP contribution in [-0.4, -0.2) is 27.6 Å². The van der Waals surface area contributed by atoms with Crippen LogP contribution in [0.4, 0.5) is 5.69 Å². The van der Waals surface area contributed by atoms with E-state index in [-0.39, 0.29) is 12.5 Å². The largest absolute Gasteiger partial charge is 0.497 e. The summed E-state index contributed by atoms with van der Waals surface area (Å²) in [5, 5.41) is 3.61. The minimum absolute atomic E-state index is 0.148. The first-order valence-electron chi connectivity index (χ1n) is 9.89. The summed E-state index contributed by atoms with van der Waals surface area (Å²) in [4.78, 5) is 35.0. The van der Waals surface area contributed by atoms with Crippen molar-refractivity contribution >= 4 is 33.3 Å². The van der Waals surface area contributed by atoms with Gasteiger partial charge in [0.05, 0.1) is 12.1 Å². The highest BCUT2D eigenvalue weighted by atomic mass is 32.1. The Morgan fingerprint density at radius 3 is 2.45 bits per heavy atom. The molecular formula is C23H22N4O3S. The molecule has 4 aromatic rings. The van der Waals surface area contributed by atoms with Crippen molar-refractivity contribution in [1.29, 1.82) is 0 Å². The van der Waals surface area contributed by atoms with Crippen molar-refractivity contribution in [2.24, 2.45) is 0 Å². The summed E-state index contributed by atoms with van der Waals surface area (Å²) in [6.07, 6.45) is 0.934. The van der Waals surface area contributed by atoms with Crippen LogP contribution in [0.3, 0.4) is 0 Å². The van der Waals surface area contributed by atoms with Gasteiger partial charge < -0.3 is 10.1 Å². The van der Waals surface area contributed by atoms with Gasteiger partial charge in [0.15, 0.2) is 0 Å². The van der Waals surface area contributed by atoms with Gasteiger partial charge in [-0.1, -0.05) is 31.2 Å². The number of carbonyl (C=O) groups is 1. The number of hydrogen-bond acceptors (Lipinski definition) is 6. The highest BCUT2D eigenvalue weighted by Gasteiger charge is 2.18. The molecule has 4 rings (SSSR count). The maximum atomic E-state index is 12.9. The molecule has 0 fully saturated rings. The van der Waals surface area contributed by atoms with Crippen LogP contribution in [0.1, 0.15) is 17.5 Å². The normalized spacial score (nSPS) is 10.9. The summed E-state index contributed by atoms with van der Waals surface area (Å²) in [5.74, 6) is 0.379. The van der Waals surface area contributed by atoms with Gasteiger partial charge in [0.1, 0.15) is 28.3 Å². The highest BCUT2D eigenvalue weighted by molar-refractivity contribution is 7.18. The number of aromatic nitrogens is 3. The Kier molecular flexibility index (Phi) is 5.81. The Labute approximate surface area is 183 Å². The molecule has 2 heterocycles. The first kappa shape index (κ1) is 20.7. The van der Waals surface area contributed by atoms with Crippen LogP contribution in [-0.2, 0) is 17.8 Å². The average Bonchev–Trinajstić information content (AvgIpc) is 3.17. The van der Waals surface area contributed by atoms with Crippen molar-refractivity contribution in [2.75, 3.05) is 12.4 Å². The topological polar surface area (TPSA) is 86.1 Å². The first-order valence-corrected chi connectivity index (χ1v) is 10.7. The number of thiazole rings is 1. The fourth-order valence-electron chi connectivity index (χ4n) is 3.31. The molecule has 0 radical (unpaired) electrons. The lowest BCUT2D eigenvalue weighted by Gasteiger charge is -2.10. The van der Waals surface area contributed by atoms with E-state index in [1.54, 1.807) is 31.4 Å². The average molecular weight is 435 g/mol. The predicted octanol–water partition coefficient (Wildman–Crippen LogP) is 4.04. The number of nitrogens with one attached hydrogen (secondary N) is 1. The monoisotopic (exact) mass is 434 g/mol. The number of nitrogens with zero attached hydrogens (tertiary/aromatic N) is 3. The minimum Gasteiger partial charge on any atom is -0.497 e. The molecule has 1 amide bonds. The van der Waals surface area contributed by atoms with Crippen LogP contribution >= 0.6 is 11.3 Å². The van der Waals surface area contributed by atoms with Crippen molar-refractivity contribution in [3.05, 3.63) is 69.6 Å². The molecule has 0 aliphatic rings. The van der Waals surface area contributed by atoms with Crippen LogP contribution in [0.15, 0.2) is 53.3 Å². The number of ether oxygens (including phenoxy) is 1. The number of hydrogen-bond donors (Lipinski definition) is 1. The molecule has 7 nitrogen and oxygen atoms in total. The summed E-state index contributed by atoms with van der Waals surface area (Å²) in [6.45, 7) is 3.82. The van der Waals surface area contributed by atoms with Crippen molar-refractivity contribution in [3.63, 3.8) is 0 Å². The van der Waals surface area contributed by atoms with Gasteiger partial charge in [0.2, 0.25) is 5.91 Å². The zero-order valence-corrected chi connectivity index (χ0v) is 18.3. The quantitative estimate of drug-likeness (QED) is 0.495. The van der Waals surface area contributed by atoms with Gasteiger partial charge in [-0.25, -0.2) is 9.78 Å². The van der Waals surface area contributed by atoms with E-state index in [4.69, 9.17) is 4.74 Å². The van der Waals surface area contributed by atoms with Gasteiger partial charge in [-0.2, -0.15) is 4.98 Å². The van der Waals surface area contributed by atoms with Crippen molar-refractivity contribution in [2.45, 2.75) is 26.8 Å². The van der Waals surface area contributed by atoms with Gasteiger partial charge in [-0.05, 0) is 43.2 Å². The molecule has 158 valence electrons. The van der Waals surface area contributed by atoms with E-state index in [0.29, 0.717) is 27.5 Å². The van der Waals surface area contributed by atoms with E-state index in [9.17, 15) is 9.59 Å². The van der Waals surface area contributed by atoms with E-state index in [2.05, 4.69) is 22.2 Å². The van der Waals surface area contributed by atoms with Gasteiger partial charge >= 0.3 is 5.69 Å². The number of rotatable bonds is 6. The van der Waals surface area contributed by atoms with Crippen molar-refractivity contribution in [1.82, 2.24) is 14.5 Å². The molecule has 2 aromatic carbocycles. The van der Waals surface area contributed by atoms with Crippen LogP contribution < -0.4 is 15.7 Å². The van der Waals surface area contributed by atoms with E-state index < -0.39 is 5.69 Å². The predicted molar refractivity (Wildman–Crippen MR) is 123 cm³/mol. The maximum absolute atomic E-state index is 12.9. The number of benzene rings is 2. The molecule has 0 saturated heterocycles. The zero-order valence-electron chi connectivity index (χ0n) is 17.5. The number of carbonyl (C=O) groups excluding carboxylic acids is 1. The Morgan fingerprint density at radius 2 is 1.81 bits per heavy atom. The summed E-state index contributed by atoms with van der Waals surface area (Å²) < 4.78 is 6.50. The molecule has 0 spiro atoms. The standard InChI is InChI=1S/C23H22N4O3S/c1-4-15-5-7-16(8-6-15)20-21-22(31-14(2)24-21)27(23(29)26-20)13-19(28)25-17-9-11-18(30-3)12-10-17/h5-12H,4,13H2,1-3H3,(H,25,28). The first-order chi connectivity index (χ1) is 15.0. The fourth-order valence-corrected chi connectivity index (χ4v) is 4.22. The molecule has 1 N–H and O–H groups in total. The van der Waals surface area contributed by atoms with Gasteiger partial charge in [-0.3, -0.25) is 9.36 Å². The molecule has 0 bridgehead atoms. The third-order valence-electron chi connectivity index (χ3n) is 4.94. The number of amides is 1. The van der Waals surface area contributed by atoms with E-state index in [1.807, 2.05) is 31.2 Å². The lowest BCUT2D eigenvalue weighted by atomic mass is 10.1. The molecule has 2 aromatic heterocycles. The Balaban J connectivity index is 1.67. The molecule has 0 aliphatic carbocycles. The highest BCUT2D eigenvalue weighted by Crippen LogP contribution is 2.29. The van der Waals surface area contributed by atoms with Gasteiger partial charge in [0.25, 0.3) is 0 Å². The van der Waals surface area contributed by atoms with Crippen LogP contribution in [0.2, 0.25) is 0 Å². The SMILES string of the molecule is CCc1ccc(-c2nc(=O)n(CC(=O)Nc3ccc(OC)cc3)c3sc(C)nc23)cc1. The second kappa shape index (κ2) is 8.69. The lowest BCUT2D eigenvalue weighted by molar-refractivity contribution is -0.116. The zero-order chi connectivity index (χ0) is 22.0. The summed E-state index contributed by atoms with van der Waals surface area (Å²) in [6, 6.07) is 15.0. The van der Waals surface area contributed by atoms with Crippen molar-refractivity contribution in [3.8, 4) is 17.0 Å². The van der Waals surface area contributed by atoms with Crippen LogP contribution in [0, 0.1) is 6.92 Å². The number of fused-ring (bicyclic) bond motifs is 1. The second-order valence-electron chi connectivity index (χ2n) is 7.04. The maximum Gasteiger partial charge on any atom is 0.349 e. The molecule has 0 aliphatic heterocycles. The second-order valence-corrected chi connectivity index (χ2v) is 8.22. The molecule has 0 saturated carbocycles. The molecule has 8 heteroatoms. The minimum atomic E-state index is -0.476. The Bertz CT molecular complexity index is 1290. The van der Waals surface area contributed by atoms with Gasteiger partial charge in [0, 0.05) is 11.3 Å². The molecular weight excluding hydrogens is 412 g/mol.